The monoisotopic (exact) mass is 277 g/mol. The number of likely N-dealkylation sites (tertiary alicyclic amines) is 1. The van der Waals surface area contributed by atoms with Gasteiger partial charge in [0.05, 0.1) is 24.9 Å². The minimum atomic E-state index is -1.08. The van der Waals surface area contributed by atoms with Crippen LogP contribution in [0.15, 0.2) is 18.3 Å². The lowest BCUT2D eigenvalue weighted by Crippen LogP contribution is -2.61. The first-order valence-electron chi connectivity index (χ1n) is 6.28. The molecule has 1 aliphatic rings. The molecular formula is C14H16FN3O2. The van der Waals surface area contributed by atoms with Crippen molar-refractivity contribution in [3.8, 4) is 6.07 Å². The van der Waals surface area contributed by atoms with Crippen molar-refractivity contribution in [1.82, 2.24) is 9.88 Å². The minimum absolute atomic E-state index is 0.0855. The summed E-state index contributed by atoms with van der Waals surface area (Å²) < 4.78 is 19.0. The Morgan fingerprint density at radius 2 is 2.20 bits per heavy atom. The number of pyridine rings is 1. The van der Waals surface area contributed by atoms with E-state index in [2.05, 4.69) is 11.1 Å². The SMILES string of the molecule is CC(C)(C)OC(=O)N1CC(C#N)(c2ncccc2F)C1. The molecule has 1 saturated heterocycles. The van der Waals surface area contributed by atoms with Crippen molar-refractivity contribution in [1.29, 1.82) is 5.26 Å². The fourth-order valence-corrected chi connectivity index (χ4v) is 2.07. The number of hydrogen-bond donors (Lipinski definition) is 0. The molecule has 1 fully saturated rings. The Morgan fingerprint density at radius 3 is 2.70 bits per heavy atom. The molecule has 5 nitrogen and oxygen atoms in total. The summed E-state index contributed by atoms with van der Waals surface area (Å²) in [5.74, 6) is -0.530. The first kappa shape index (κ1) is 14.3. The molecule has 20 heavy (non-hydrogen) atoms. The van der Waals surface area contributed by atoms with Gasteiger partial charge in [-0.3, -0.25) is 4.98 Å². The van der Waals surface area contributed by atoms with Crippen molar-refractivity contribution in [2.75, 3.05) is 13.1 Å². The number of carbonyl (C=O) groups excluding carboxylic acids is 1. The maximum atomic E-state index is 13.7. The number of rotatable bonds is 1. The summed E-state index contributed by atoms with van der Waals surface area (Å²) in [6.45, 7) is 5.47. The Bertz CT molecular complexity index is 569. The van der Waals surface area contributed by atoms with Crippen LogP contribution in [0.25, 0.3) is 0 Å². The van der Waals surface area contributed by atoms with Gasteiger partial charge < -0.3 is 9.64 Å². The van der Waals surface area contributed by atoms with E-state index in [-0.39, 0.29) is 18.8 Å². The topological polar surface area (TPSA) is 66.2 Å². The molecule has 1 aromatic heterocycles. The van der Waals surface area contributed by atoms with Crippen LogP contribution >= 0.6 is 0 Å². The quantitative estimate of drug-likeness (QED) is 0.789. The van der Waals surface area contributed by atoms with E-state index in [1.165, 1.54) is 23.2 Å². The maximum Gasteiger partial charge on any atom is 0.410 e. The molecule has 0 unspecified atom stereocenters. The predicted molar refractivity (Wildman–Crippen MR) is 69.3 cm³/mol. The second kappa shape index (κ2) is 4.75. The molecule has 2 rings (SSSR count). The van der Waals surface area contributed by atoms with Gasteiger partial charge in [0, 0.05) is 6.20 Å². The Hall–Kier alpha value is -2.16. The summed E-state index contributed by atoms with van der Waals surface area (Å²) in [6, 6.07) is 4.80. The van der Waals surface area contributed by atoms with Crippen molar-refractivity contribution in [2.24, 2.45) is 0 Å². The second-order valence-corrected chi connectivity index (χ2v) is 5.86. The number of nitriles is 1. The Kier molecular flexibility index (Phi) is 3.38. The van der Waals surface area contributed by atoms with Crippen LogP contribution in [0.1, 0.15) is 26.5 Å². The van der Waals surface area contributed by atoms with Gasteiger partial charge in [-0.25, -0.2) is 9.18 Å². The zero-order valence-corrected chi connectivity index (χ0v) is 11.7. The average Bonchev–Trinajstić information content (AvgIpc) is 2.28. The van der Waals surface area contributed by atoms with Crippen LogP contribution in [0.3, 0.4) is 0 Å². The van der Waals surface area contributed by atoms with E-state index in [1.807, 2.05) is 0 Å². The summed E-state index contributed by atoms with van der Waals surface area (Å²) in [5, 5.41) is 9.31. The minimum Gasteiger partial charge on any atom is -0.444 e. The molecule has 0 N–H and O–H groups in total. The fourth-order valence-electron chi connectivity index (χ4n) is 2.07. The fraction of sp³-hybridized carbons (Fsp3) is 0.500. The molecule has 0 bridgehead atoms. The van der Waals surface area contributed by atoms with Crippen molar-refractivity contribution < 1.29 is 13.9 Å². The Labute approximate surface area is 117 Å². The van der Waals surface area contributed by atoms with E-state index in [1.54, 1.807) is 20.8 Å². The molecule has 6 heteroatoms. The van der Waals surface area contributed by atoms with Gasteiger partial charge in [0.15, 0.2) is 0 Å². The van der Waals surface area contributed by atoms with E-state index in [0.29, 0.717) is 0 Å². The number of nitrogens with zero attached hydrogens (tertiary/aromatic N) is 3. The van der Waals surface area contributed by atoms with Crippen LogP contribution in [-0.2, 0) is 10.2 Å². The summed E-state index contributed by atoms with van der Waals surface area (Å²) in [7, 11) is 0. The summed E-state index contributed by atoms with van der Waals surface area (Å²) in [4.78, 5) is 17.2. The number of halogens is 1. The van der Waals surface area contributed by atoms with Crippen LogP contribution in [0, 0.1) is 17.1 Å². The third-order valence-corrected chi connectivity index (χ3v) is 3.00. The highest BCUT2D eigenvalue weighted by Gasteiger charge is 2.50. The number of hydrogen-bond acceptors (Lipinski definition) is 4. The van der Waals surface area contributed by atoms with E-state index in [0.717, 1.165) is 0 Å². The van der Waals surface area contributed by atoms with Crippen LogP contribution in [-0.4, -0.2) is 34.7 Å². The molecule has 1 aromatic rings. The third-order valence-electron chi connectivity index (χ3n) is 3.00. The molecule has 0 spiro atoms. The van der Waals surface area contributed by atoms with E-state index in [9.17, 15) is 14.4 Å². The molecular weight excluding hydrogens is 261 g/mol. The van der Waals surface area contributed by atoms with Crippen LogP contribution in [0.5, 0.6) is 0 Å². The number of carbonyl (C=O) groups is 1. The van der Waals surface area contributed by atoms with Gasteiger partial charge in [0.1, 0.15) is 16.8 Å². The molecule has 0 radical (unpaired) electrons. The first-order valence-corrected chi connectivity index (χ1v) is 6.28. The zero-order chi connectivity index (χ0) is 15.0. The van der Waals surface area contributed by atoms with Gasteiger partial charge in [0.25, 0.3) is 0 Å². The van der Waals surface area contributed by atoms with Crippen molar-refractivity contribution >= 4 is 6.09 Å². The first-order chi connectivity index (χ1) is 9.27. The van der Waals surface area contributed by atoms with Crippen molar-refractivity contribution in [3.05, 3.63) is 29.8 Å². The molecule has 106 valence electrons. The predicted octanol–water partition coefficient (Wildman–Crippen LogP) is 2.23. The van der Waals surface area contributed by atoms with Gasteiger partial charge in [-0.15, -0.1) is 0 Å². The van der Waals surface area contributed by atoms with Crippen LogP contribution < -0.4 is 0 Å². The largest absolute Gasteiger partial charge is 0.444 e. The second-order valence-electron chi connectivity index (χ2n) is 5.86. The Balaban J connectivity index is 2.12. The van der Waals surface area contributed by atoms with Gasteiger partial charge in [-0.1, -0.05) is 0 Å². The number of ether oxygens (including phenoxy) is 1. The number of aromatic nitrogens is 1. The van der Waals surface area contributed by atoms with Gasteiger partial charge in [0.2, 0.25) is 0 Å². The third kappa shape index (κ3) is 2.57. The van der Waals surface area contributed by atoms with E-state index in [4.69, 9.17) is 4.74 Å². The molecule has 0 atom stereocenters. The number of amides is 1. The van der Waals surface area contributed by atoms with E-state index < -0.39 is 22.9 Å². The average molecular weight is 277 g/mol. The maximum absolute atomic E-state index is 13.7. The molecule has 1 amide bonds. The highest BCUT2D eigenvalue weighted by atomic mass is 19.1. The summed E-state index contributed by atoms with van der Waals surface area (Å²) in [6.07, 6.45) is 0.938. The highest BCUT2D eigenvalue weighted by molar-refractivity contribution is 5.70. The highest BCUT2D eigenvalue weighted by Crippen LogP contribution is 2.35. The standard InChI is InChI=1S/C14H16FN3O2/c1-13(2,3)20-12(19)18-8-14(7-16,9-18)11-10(15)5-4-6-17-11/h4-6H,8-9H2,1-3H3. The molecule has 2 heterocycles. The molecule has 0 saturated carbocycles. The van der Waals surface area contributed by atoms with Crippen molar-refractivity contribution in [3.63, 3.8) is 0 Å². The van der Waals surface area contributed by atoms with Gasteiger partial charge in [-0.2, -0.15) is 5.26 Å². The molecule has 0 aliphatic carbocycles. The van der Waals surface area contributed by atoms with Crippen LogP contribution in [0.2, 0.25) is 0 Å². The summed E-state index contributed by atoms with van der Waals surface area (Å²) in [5.41, 5.74) is -1.59. The molecule has 1 aliphatic heterocycles. The van der Waals surface area contributed by atoms with Crippen molar-refractivity contribution in [2.45, 2.75) is 31.8 Å². The smallest absolute Gasteiger partial charge is 0.410 e. The van der Waals surface area contributed by atoms with E-state index >= 15 is 0 Å². The summed E-state index contributed by atoms with van der Waals surface area (Å²) >= 11 is 0. The Morgan fingerprint density at radius 1 is 1.55 bits per heavy atom. The lowest BCUT2D eigenvalue weighted by molar-refractivity contribution is -0.00152. The van der Waals surface area contributed by atoms with Gasteiger partial charge in [-0.05, 0) is 32.9 Å². The normalized spacial score (nSPS) is 17.1. The lowest BCUT2D eigenvalue weighted by atomic mass is 9.78. The van der Waals surface area contributed by atoms with Crippen LogP contribution in [0.4, 0.5) is 9.18 Å². The molecule has 0 aromatic carbocycles. The zero-order valence-electron chi connectivity index (χ0n) is 11.7. The van der Waals surface area contributed by atoms with Gasteiger partial charge >= 0.3 is 6.09 Å². The lowest BCUT2D eigenvalue weighted by Gasteiger charge is -2.44.